The van der Waals surface area contributed by atoms with Gasteiger partial charge in [0.2, 0.25) is 0 Å². The van der Waals surface area contributed by atoms with E-state index in [1.165, 1.54) is 29.4 Å². The first kappa shape index (κ1) is 11.6. The quantitative estimate of drug-likeness (QED) is 0.819. The van der Waals surface area contributed by atoms with Crippen molar-refractivity contribution < 1.29 is 0 Å². The Bertz CT molecular complexity index is 378. The van der Waals surface area contributed by atoms with E-state index >= 15 is 0 Å². The Balaban J connectivity index is 1.60. The molecule has 0 radical (unpaired) electrons. The van der Waals surface area contributed by atoms with Gasteiger partial charge in [-0.25, -0.2) is 4.98 Å². The zero-order chi connectivity index (χ0) is 11.7. The molecular formula is C12H20N4S. The Morgan fingerprint density at radius 1 is 1.59 bits per heavy atom. The van der Waals surface area contributed by atoms with Gasteiger partial charge in [-0.2, -0.15) is 11.8 Å². The van der Waals surface area contributed by atoms with Crippen LogP contribution in [0.4, 0.5) is 0 Å². The summed E-state index contributed by atoms with van der Waals surface area (Å²) in [4.78, 5) is 10.2. The van der Waals surface area contributed by atoms with Gasteiger partial charge in [0.15, 0.2) is 0 Å². The number of fused-ring (bicyclic) bond motifs is 1. The Morgan fingerprint density at radius 3 is 3.41 bits per heavy atom. The molecule has 0 spiro atoms. The van der Waals surface area contributed by atoms with Gasteiger partial charge in [-0.3, -0.25) is 4.90 Å². The summed E-state index contributed by atoms with van der Waals surface area (Å²) >= 11 is 2.08. The summed E-state index contributed by atoms with van der Waals surface area (Å²) in [6, 6.07) is 1.28. The molecule has 1 saturated heterocycles. The highest BCUT2D eigenvalue weighted by Gasteiger charge is 2.25. The summed E-state index contributed by atoms with van der Waals surface area (Å²) in [5.74, 6) is 2.56. The maximum atomic E-state index is 4.40. The van der Waals surface area contributed by atoms with E-state index in [0.717, 1.165) is 25.6 Å². The third kappa shape index (κ3) is 2.51. The first-order chi connectivity index (χ1) is 8.33. The second kappa shape index (κ2) is 5.00. The number of hydrogen-bond donors (Lipinski definition) is 2. The summed E-state index contributed by atoms with van der Waals surface area (Å²) in [5.41, 5.74) is 2.52. The minimum absolute atomic E-state index is 0.566. The van der Waals surface area contributed by atoms with Crippen molar-refractivity contribution in [3.63, 3.8) is 0 Å². The van der Waals surface area contributed by atoms with E-state index in [-0.39, 0.29) is 0 Å². The molecule has 1 aromatic rings. The molecule has 2 aliphatic rings. The third-order valence-corrected chi connectivity index (χ3v) is 4.96. The van der Waals surface area contributed by atoms with Crippen LogP contribution in [-0.4, -0.2) is 51.5 Å². The summed E-state index contributed by atoms with van der Waals surface area (Å²) in [5, 5.41) is 3.61. The van der Waals surface area contributed by atoms with Crippen LogP contribution < -0.4 is 5.32 Å². The number of imidazole rings is 1. The minimum Gasteiger partial charge on any atom is -0.347 e. The Labute approximate surface area is 107 Å². The summed E-state index contributed by atoms with van der Waals surface area (Å²) in [6.07, 6.45) is 2.88. The Morgan fingerprint density at radius 2 is 2.53 bits per heavy atom. The van der Waals surface area contributed by atoms with Crippen LogP contribution in [0.3, 0.4) is 0 Å². The highest BCUT2D eigenvalue weighted by molar-refractivity contribution is 7.99. The second-order valence-electron chi connectivity index (χ2n) is 5.03. The molecule has 1 fully saturated rings. The highest BCUT2D eigenvalue weighted by atomic mass is 32.2. The van der Waals surface area contributed by atoms with Crippen LogP contribution in [0.25, 0.3) is 0 Å². The lowest BCUT2D eigenvalue weighted by atomic mass is 10.0. The molecule has 0 saturated carbocycles. The molecule has 3 heterocycles. The molecule has 0 aliphatic carbocycles. The number of rotatable bonds is 2. The molecule has 17 heavy (non-hydrogen) atoms. The van der Waals surface area contributed by atoms with Crippen molar-refractivity contribution in [2.24, 2.45) is 0 Å². The van der Waals surface area contributed by atoms with Crippen molar-refractivity contribution in [3.05, 3.63) is 17.7 Å². The fraction of sp³-hybridized carbons (Fsp3) is 0.750. The average Bonchev–Trinajstić information content (AvgIpc) is 2.79. The van der Waals surface area contributed by atoms with Crippen molar-refractivity contribution in [2.45, 2.75) is 32.0 Å². The molecule has 3 rings (SSSR count). The lowest BCUT2D eigenvalue weighted by Gasteiger charge is -2.36. The van der Waals surface area contributed by atoms with Crippen LogP contribution in [-0.2, 0) is 13.0 Å². The van der Waals surface area contributed by atoms with Crippen LogP contribution in [0, 0.1) is 0 Å². The van der Waals surface area contributed by atoms with E-state index in [0.29, 0.717) is 6.04 Å². The third-order valence-electron chi connectivity index (χ3n) is 3.77. The number of aromatic nitrogens is 2. The van der Waals surface area contributed by atoms with Gasteiger partial charge in [-0.15, -0.1) is 0 Å². The predicted octanol–water partition coefficient (Wildman–Crippen LogP) is 0.861. The van der Waals surface area contributed by atoms with Gasteiger partial charge in [0.05, 0.1) is 17.7 Å². The van der Waals surface area contributed by atoms with E-state index in [4.69, 9.17) is 0 Å². The zero-order valence-electron chi connectivity index (χ0n) is 10.3. The van der Waals surface area contributed by atoms with Crippen molar-refractivity contribution in [1.82, 2.24) is 20.2 Å². The van der Waals surface area contributed by atoms with E-state index in [1.54, 1.807) is 0 Å². The van der Waals surface area contributed by atoms with Crippen molar-refractivity contribution in [3.8, 4) is 0 Å². The van der Waals surface area contributed by atoms with Crippen LogP contribution in [0.15, 0.2) is 6.33 Å². The van der Waals surface area contributed by atoms with Gasteiger partial charge in [0, 0.05) is 49.6 Å². The smallest absolute Gasteiger partial charge is 0.0925 e. The van der Waals surface area contributed by atoms with Crippen molar-refractivity contribution in [1.29, 1.82) is 0 Å². The number of aromatic amines is 1. The summed E-state index contributed by atoms with van der Waals surface area (Å²) in [6.45, 7) is 5.68. The fourth-order valence-electron chi connectivity index (χ4n) is 2.68. The first-order valence-corrected chi connectivity index (χ1v) is 7.54. The zero-order valence-corrected chi connectivity index (χ0v) is 11.1. The van der Waals surface area contributed by atoms with E-state index in [2.05, 4.69) is 38.9 Å². The maximum Gasteiger partial charge on any atom is 0.0925 e. The van der Waals surface area contributed by atoms with Crippen LogP contribution in [0.1, 0.15) is 18.3 Å². The average molecular weight is 252 g/mol. The Kier molecular flexibility index (Phi) is 3.40. The molecule has 0 bridgehead atoms. The minimum atomic E-state index is 0.566. The van der Waals surface area contributed by atoms with Gasteiger partial charge < -0.3 is 10.3 Å². The fourth-order valence-corrected chi connectivity index (χ4v) is 3.76. The molecule has 2 aliphatic heterocycles. The monoisotopic (exact) mass is 252 g/mol. The number of H-pyrrole nitrogens is 1. The van der Waals surface area contributed by atoms with E-state index in [9.17, 15) is 0 Å². The van der Waals surface area contributed by atoms with Crippen molar-refractivity contribution in [2.75, 3.05) is 24.6 Å². The van der Waals surface area contributed by atoms with E-state index < -0.39 is 0 Å². The first-order valence-electron chi connectivity index (χ1n) is 6.39. The molecule has 1 aromatic heterocycles. The van der Waals surface area contributed by atoms with Gasteiger partial charge >= 0.3 is 0 Å². The standard InChI is InChI=1S/C12H20N4S/c1-9-7-17-3-2-16(9)6-10-4-11-12(5-13-10)15-8-14-11/h8-10,13H,2-7H2,1H3,(H,14,15). The van der Waals surface area contributed by atoms with Gasteiger partial charge in [-0.1, -0.05) is 0 Å². The van der Waals surface area contributed by atoms with Gasteiger partial charge in [0.25, 0.3) is 0 Å². The van der Waals surface area contributed by atoms with Crippen LogP contribution in [0.2, 0.25) is 0 Å². The van der Waals surface area contributed by atoms with Crippen LogP contribution in [0.5, 0.6) is 0 Å². The number of nitrogens with one attached hydrogen (secondary N) is 2. The molecular weight excluding hydrogens is 232 g/mol. The topological polar surface area (TPSA) is 44.0 Å². The SMILES string of the molecule is CC1CSCCN1CC1Cc2nc[nH]c2CN1. The predicted molar refractivity (Wildman–Crippen MR) is 71.3 cm³/mol. The van der Waals surface area contributed by atoms with Gasteiger partial charge in [-0.05, 0) is 6.92 Å². The molecule has 2 unspecified atom stereocenters. The lowest BCUT2D eigenvalue weighted by molar-refractivity contribution is 0.201. The number of nitrogens with zero attached hydrogens (tertiary/aromatic N) is 2. The summed E-state index contributed by atoms with van der Waals surface area (Å²) < 4.78 is 0. The molecule has 94 valence electrons. The molecule has 2 N–H and O–H groups in total. The summed E-state index contributed by atoms with van der Waals surface area (Å²) in [7, 11) is 0. The van der Waals surface area contributed by atoms with Crippen molar-refractivity contribution >= 4 is 11.8 Å². The normalized spacial score (nSPS) is 30.2. The number of thioether (sulfide) groups is 1. The largest absolute Gasteiger partial charge is 0.347 e. The molecule has 0 aromatic carbocycles. The van der Waals surface area contributed by atoms with Crippen LogP contribution >= 0.6 is 11.8 Å². The molecule has 4 nitrogen and oxygen atoms in total. The second-order valence-corrected chi connectivity index (χ2v) is 6.18. The highest BCUT2D eigenvalue weighted by Crippen LogP contribution is 2.18. The van der Waals surface area contributed by atoms with Gasteiger partial charge in [0.1, 0.15) is 0 Å². The maximum absolute atomic E-state index is 4.40. The lowest BCUT2D eigenvalue weighted by Crippen LogP contribution is -2.50. The molecule has 0 amide bonds. The van der Waals surface area contributed by atoms with E-state index in [1.807, 2.05) is 6.33 Å². The molecule has 2 atom stereocenters. The number of hydrogen-bond acceptors (Lipinski definition) is 4. The molecule has 5 heteroatoms. The Hall–Kier alpha value is -0.520.